The molecule has 2 nitrogen and oxygen atoms in total. The predicted molar refractivity (Wildman–Crippen MR) is 65.0 cm³/mol. The summed E-state index contributed by atoms with van der Waals surface area (Å²) in [7, 11) is 0. The van der Waals surface area contributed by atoms with Crippen molar-refractivity contribution < 1.29 is 9.53 Å². The van der Waals surface area contributed by atoms with Crippen LogP contribution in [-0.4, -0.2) is 12.9 Å². The number of benzene rings is 1. The smallest absolute Gasteiger partial charge is 0.150 e. The van der Waals surface area contributed by atoms with Crippen LogP contribution < -0.4 is 4.74 Å². The molecule has 2 heteroatoms. The number of aldehydes is 1. The van der Waals surface area contributed by atoms with Crippen molar-refractivity contribution in [1.29, 1.82) is 0 Å². The minimum Gasteiger partial charge on any atom is -0.481 e. The van der Waals surface area contributed by atoms with Gasteiger partial charge >= 0.3 is 0 Å². The highest BCUT2D eigenvalue weighted by atomic mass is 16.5. The van der Waals surface area contributed by atoms with Crippen molar-refractivity contribution in [3.63, 3.8) is 0 Å². The van der Waals surface area contributed by atoms with Gasteiger partial charge in [-0.25, -0.2) is 0 Å². The normalized spacial score (nSPS) is 9.25. The molecule has 0 aliphatic heterocycles. The van der Waals surface area contributed by atoms with Crippen LogP contribution in [-0.2, 0) is 0 Å². The van der Waals surface area contributed by atoms with Crippen LogP contribution in [0.4, 0.5) is 0 Å². The first-order valence-electron chi connectivity index (χ1n) is 5.20. The van der Waals surface area contributed by atoms with E-state index in [9.17, 15) is 4.79 Å². The molecular formula is C14H16O2. The van der Waals surface area contributed by atoms with E-state index in [-0.39, 0.29) is 0 Å². The summed E-state index contributed by atoms with van der Waals surface area (Å²) in [5.74, 6) is 6.44. The van der Waals surface area contributed by atoms with Gasteiger partial charge in [-0.2, -0.15) is 0 Å². The van der Waals surface area contributed by atoms with Crippen molar-refractivity contribution in [1.82, 2.24) is 0 Å². The van der Waals surface area contributed by atoms with Gasteiger partial charge in [0.05, 0.1) is 0 Å². The van der Waals surface area contributed by atoms with Crippen LogP contribution in [0.1, 0.15) is 34.0 Å². The molecule has 0 spiro atoms. The molecule has 0 saturated carbocycles. The van der Waals surface area contributed by atoms with Gasteiger partial charge in [-0.15, -0.1) is 5.92 Å². The van der Waals surface area contributed by atoms with Crippen molar-refractivity contribution in [2.75, 3.05) is 6.61 Å². The summed E-state index contributed by atoms with van der Waals surface area (Å²) in [6.45, 7) is 7.97. The fourth-order valence-corrected chi connectivity index (χ4v) is 1.58. The predicted octanol–water partition coefficient (Wildman–Crippen LogP) is 2.83. The number of hydrogen-bond acceptors (Lipinski definition) is 2. The van der Waals surface area contributed by atoms with Crippen LogP contribution >= 0.6 is 0 Å². The summed E-state index contributed by atoms with van der Waals surface area (Å²) in [6, 6.07) is 1.89. The Morgan fingerprint density at radius 2 is 2.00 bits per heavy atom. The highest BCUT2D eigenvalue weighted by molar-refractivity contribution is 5.81. The summed E-state index contributed by atoms with van der Waals surface area (Å²) >= 11 is 0. The van der Waals surface area contributed by atoms with E-state index in [1.807, 2.05) is 26.8 Å². The van der Waals surface area contributed by atoms with Gasteiger partial charge in [-0.3, -0.25) is 4.79 Å². The van der Waals surface area contributed by atoms with E-state index in [1.54, 1.807) is 6.92 Å². The van der Waals surface area contributed by atoms with Crippen molar-refractivity contribution in [2.24, 2.45) is 0 Å². The zero-order valence-electron chi connectivity index (χ0n) is 10.2. The monoisotopic (exact) mass is 216 g/mol. The lowest BCUT2D eigenvalue weighted by Gasteiger charge is -2.13. The van der Waals surface area contributed by atoms with Crippen LogP contribution in [0.2, 0.25) is 0 Å². The first-order valence-corrected chi connectivity index (χ1v) is 5.20. The zero-order chi connectivity index (χ0) is 12.1. The summed E-state index contributed by atoms with van der Waals surface area (Å²) in [5, 5.41) is 0. The summed E-state index contributed by atoms with van der Waals surface area (Å²) in [6.07, 6.45) is 0.896. The van der Waals surface area contributed by atoms with Crippen LogP contribution in [0, 0.1) is 32.6 Å². The molecule has 0 radical (unpaired) electrons. The second kappa shape index (κ2) is 5.37. The van der Waals surface area contributed by atoms with E-state index in [0.29, 0.717) is 6.61 Å². The molecule has 1 rings (SSSR count). The largest absolute Gasteiger partial charge is 0.481 e. The van der Waals surface area contributed by atoms with E-state index < -0.39 is 0 Å². The molecule has 0 heterocycles. The number of carbonyl (C=O) groups is 1. The second-order valence-corrected chi connectivity index (χ2v) is 3.69. The van der Waals surface area contributed by atoms with Gasteiger partial charge in [-0.1, -0.05) is 5.92 Å². The molecule has 0 aliphatic carbocycles. The third-order valence-electron chi connectivity index (χ3n) is 2.70. The quantitative estimate of drug-likeness (QED) is 0.573. The number of rotatable bonds is 3. The van der Waals surface area contributed by atoms with Crippen LogP contribution in [0.3, 0.4) is 0 Å². The van der Waals surface area contributed by atoms with Gasteiger partial charge < -0.3 is 4.74 Å². The van der Waals surface area contributed by atoms with E-state index in [0.717, 1.165) is 34.3 Å². The second-order valence-electron chi connectivity index (χ2n) is 3.69. The van der Waals surface area contributed by atoms with E-state index in [1.165, 1.54) is 0 Å². The average Bonchev–Trinajstić information content (AvgIpc) is 2.26. The molecule has 84 valence electrons. The zero-order valence-corrected chi connectivity index (χ0v) is 10.2. The fraction of sp³-hybridized carbons (Fsp3) is 0.357. The highest BCUT2D eigenvalue weighted by Crippen LogP contribution is 2.26. The van der Waals surface area contributed by atoms with E-state index >= 15 is 0 Å². The van der Waals surface area contributed by atoms with E-state index in [4.69, 9.17) is 4.74 Å². The third kappa shape index (κ3) is 2.43. The Morgan fingerprint density at radius 3 is 2.56 bits per heavy atom. The van der Waals surface area contributed by atoms with Gasteiger partial charge in [0.25, 0.3) is 0 Å². The summed E-state index contributed by atoms with van der Waals surface area (Å²) in [4.78, 5) is 10.9. The van der Waals surface area contributed by atoms with Gasteiger partial charge in [0.2, 0.25) is 0 Å². The van der Waals surface area contributed by atoms with Gasteiger partial charge in [0.15, 0.2) is 6.29 Å². The SMILES string of the molecule is CC#CCOc1cc(C)c(C=O)c(C)c1C. The first-order chi connectivity index (χ1) is 7.61. The molecule has 16 heavy (non-hydrogen) atoms. The minimum atomic E-state index is 0.386. The van der Waals surface area contributed by atoms with Crippen molar-refractivity contribution in [3.05, 3.63) is 28.3 Å². The molecule has 0 aliphatic rings. The maximum atomic E-state index is 10.9. The van der Waals surface area contributed by atoms with Crippen LogP contribution in [0.25, 0.3) is 0 Å². The first kappa shape index (κ1) is 12.3. The minimum absolute atomic E-state index is 0.386. The number of ether oxygens (including phenoxy) is 1. The lowest BCUT2D eigenvalue weighted by molar-refractivity contribution is 0.112. The number of carbonyl (C=O) groups excluding carboxylic acids is 1. The van der Waals surface area contributed by atoms with Gasteiger partial charge in [0.1, 0.15) is 12.4 Å². The Labute approximate surface area is 96.6 Å². The van der Waals surface area contributed by atoms with Crippen molar-refractivity contribution in [2.45, 2.75) is 27.7 Å². The van der Waals surface area contributed by atoms with Crippen LogP contribution in [0.15, 0.2) is 6.07 Å². The molecule has 0 unspecified atom stereocenters. The van der Waals surface area contributed by atoms with Crippen molar-refractivity contribution >= 4 is 6.29 Å². The fourth-order valence-electron chi connectivity index (χ4n) is 1.58. The standard InChI is InChI=1S/C14H16O2/c1-5-6-7-16-14-8-10(2)13(9-15)11(3)12(14)4/h8-9H,7H2,1-4H3. The molecule has 0 saturated heterocycles. The lowest BCUT2D eigenvalue weighted by atomic mass is 9.98. The maximum Gasteiger partial charge on any atom is 0.150 e. The van der Waals surface area contributed by atoms with Crippen LogP contribution in [0.5, 0.6) is 5.75 Å². The Hall–Kier alpha value is -1.75. The lowest BCUT2D eigenvalue weighted by Crippen LogP contribution is -2.01. The molecule has 0 N–H and O–H groups in total. The third-order valence-corrected chi connectivity index (χ3v) is 2.70. The summed E-state index contributed by atoms with van der Waals surface area (Å²) < 4.78 is 5.55. The van der Waals surface area contributed by atoms with Gasteiger partial charge in [0, 0.05) is 5.56 Å². The topological polar surface area (TPSA) is 26.3 Å². The molecule has 1 aromatic carbocycles. The Morgan fingerprint density at radius 1 is 1.31 bits per heavy atom. The van der Waals surface area contributed by atoms with E-state index in [2.05, 4.69) is 11.8 Å². The Bertz CT molecular complexity index is 462. The summed E-state index contributed by atoms with van der Waals surface area (Å²) in [5.41, 5.74) is 3.68. The van der Waals surface area contributed by atoms with Gasteiger partial charge in [-0.05, 0) is 50.5 Å². The Balaban J connectivity index is 3.11. The molecule has 0 atom stereocenters. The molecule has 0 aromatic heterocycles. The number of aryl methyl sites for hydroxylation is 1. The number of hydrogen-bond donors (Lipinski definition) is 0. The maximum absolute atomic E-state index is 10.9. The highest BCUT2D eigenvalue weighted by Gasteiger charge is 2.09. The molecule has 0 amide bonds. The molecule has 0 bridgehead atoms. The Kier molecular flexibility index (Phi) is 4.13. The molecular weight excluding hydrogens is 200 g/mol. The molecule has 1 aromatic rings. The van der Waals surface area contributed by atoms with Crippen molar-refractivity contribution in [3.8, 4) is 17.6 Å². The average molecular weight is 216 g/mol. The molecule has 0 fully saturated rings.